The average molecular weight is 193 g/mol. The van der Waals surface area contributed by atoms with Crippen LogP contribution in [-0.4, -0.2) is 16.7 Å². The van der Waals surface area contributed by atoms with Gasteiger partial charge in [0.2, 0.25) is 10.4 Å². The maximum Gasteiger partial charge on any atom is 1.00 e. The van der Waals surface area contributed by atoms with Gasteiger partial charge < -0.3 is 4.39 Å². The van der Waals surface area contributed by atoms with Gasteiger partial charge in [-0.15, -0.1) is 3.89 Å². The first-order valence-electron chi connectivity index (χ1n) is 2.39. The van der Waals surface area contributed by atoms with E-state index in [1.807, 2.05) is 0 Å². The zero-order valence-corrected chi connectivity index (χ0v) is 10.4. The fourth-order valence-corrected chi connectivity index (χ4v) is 2.94. The third-order valence-corrected chi connectivity index (χ3v) is 3.45. The normalized spacial score (nSPS) is 12.4. The van der Waals surface area contributed by atoms with Crippen molar-refractivity contribution in [3.05, 3.63) is 4.39 Å². The van der Waals surface area contributed by atoms with Crippen molar-refractivity contribution in [3.8, 4) is 0 Å². The molecule has 0 aromatic rings. The molecule has 0 fully saturated rings. The van der Waals surface area contributed by atoms with E-state index in [2.05, 4.69) is 4.39 Å². The van der Waals surface area contributed by atoms with Crippen molar-refractivity contribution in [1.29, 1.82) is 0 Å². The van der Waals surface area contributed by atoms with Gasteiger partial charge in [-0.25, -0.2) is 8.42 Å². The predicted molar refractivity (Wildman–Crippen MR) is 36.7 cm³/mol. The Morgan fingerprint density at radius 2 is 1.60 bits per heavy atom. The van der Waals surface area contributed by atoms with E-state index >= 15 is 0 Å². The average Bonchev–Trinajstić information content (AvgIpc) is 1.14. The van der Waals surface area contributed by atoms with Gasteiger partial charge in [-0.2, -0.15) is 0 Å². The van der Waals surface area contributed by atoms with Crippen LogP contribution in [0.2, 0.25) is 19.6 Å². The Balaban J connectivity index is 0. The topological polar surface area (TPSA) is 48.2 Å². The zero-order chi connectivity index (χ0) is 7.71. The maximum atomic E-state index is 11.7. The molecule has 0 bridgehead atoms. The van der Waals surface area contributed by atoms with Crippen molar-refractivity contribution in [2.45, 2.75) is 19.6 Å². The second kappa shape index (κ2) is 4.17. The third-order valence-electron chi connectivity index (χ3n) is 0.383. The van der Waals surface area contributed by atoms with Gasteiger partial charge in [0.05, 0.1) is 0 Å². The Kier molecular flexibility index (Phi) is 5.69. The van der Waals surface area contributed by atoms with Crippen LogP contribution in [0.4, 0.5) is 3.89 Å². The summed E-state index contributed by atoms with van der Waals surface area (Å²) in [6.45, 7) is 4.93. The molecule has 0 saturated carbocycles. The molecule has 0 amide bonds. The van der Waals surface area contributed by atoms with Crippen molar-refractivity contribution >= 4 is 18.6 Å². The van der Waals surface area contributed by atoms with Crippen LogP contribution in [0.15, 0.2) is 0 Å². The monoisotopic (exact) mass is 193 g/mol. The number of nitrogens with zero attached hydrogens (tertiary/aromatic N) is 1. The van der Waals surface area contributed by atoms with E-state index in [1.54, 1.807) is 19.6 Å². The van der Waals surface area contributed by atoms with Gasteiger partial charge >= 0.3 is 29.6 Å². The minimum absolute atomic E-state index is 0. The van der Waals surface area contributed by atoms with Crippen molar-refractivity contribution in [2.75, 3.05) is 0 Å². The zero-order valence-electron chi connectivity index (χ0n) is 6.55. The summed E-state index contributed by atoms with van der Waals surface area (Å²) < 4.78 is 34.4. The Labute approximate surface area is 84.1 Å². The van der Waals surface area contributed by atoms with Crippen molar-refractivity contribution in [1.82, 2.24) is 0 Å². The molecule has 0 N–H and O–H groups in total. The molecule has 0 saturated heterocycles. The standard InChI is InChI=1S/C3H9FNO2SSi.Na/c1-9(2,3)5-8(4,6)7;/h1-3H3;/q-1;+1. The summed E-state index contributed by atoms with van der Waals surface area (Å²) in [6, 6.07) is 0. The molecule has 56 valence electrons. The minimum atomic E-state index is -4.60. The number of hydrogen-bond donors (Lipinski definition) is 0. The van der Waals surface area contributed by atoms with Gasteiger partial charge in [-0.05, 0) is 0 Å². The molecule has 0 aliphatic rings. The Morgan fingerprint density at radius 3 is 1.60 bits per heavy atom. The molecule has 0 heterocycles. The van der Waals surface area contributed by atoms with E-state index < -0.39 is 18.6 Å². The minimum Gasteiger partial charge on any atom is -0.523 e. The number of halogens is 1. The van der Waals surface area contributed by atoms with E-state index in [9.17, 15) is 12.3 Å². The van der Waals surface area contributed by atoms with Gasteiger partial charge in [0.15, 0.2) is 0 Å². The summed E-state index contributed by atoms with van der Waals surface area (Å²) >= 11 is 0. The second-order valence-electron chi connectivity index (χ2n) is 2.67. The van der Waals surface area contributed by atoms with Gasteiger partial charge in [-0.3, -0.25) is 0 Å². The summed E-state index contributed by atoms with van der Waals surface area (Å²) in [7, 11) is -6.73. The van der Waals surface area contributed by atoms with Gasteiger partial charge in [0.25, 0.3) is 0 Å². The maximum absolute atomic E-state index is 11.7. The molecule has 0 spiro atoms. The molecule has 0 aliphatic carbocycles. The van der Waals surface area contributed by atoms with Gasteiger partial charge in [-0.1, -0.05) is 27.9 Å². The van der Waals surface area contributed by atoms with Crippen LogP contribution < -0.4 is 29.6 Å². The molecule has 0 aliphatic heterocycles. The number of rotatable bonds is 2. The van der Waals surface area contributed by atoms with Crippen LogP contribution in [-0.2, 0) is 10.4 Å². The molecule has 0 aromatic heterocycles. The van der Waals surface area contributed by atoms with E-state index in [4.69, 9.17) is 0 Å². The van der Waals surface area contributed by atoms with Crippen LogP contribution in [0.1, 0.15) is 0 Å². The predicted octanol–water partition coefficient (Wildman–Crippen LogP) is -1.59. The van der Waals surface area contributed by atoms with Crippen LogP contribution in [0.25, 0.3) is 4.39 Å². The molecule has 0 aromatic carbocycles. The summed E-state index contributed by atoms with van der Waals surface area (Å²) in [4.78, 5) is 0. The van der Waals surface area contributed by atoms with Crippen molar-refractivity contribution in [3.63, 3.8) is 0 Å². The summed E-state index contributed by atoms with van der Waals surface area (Å²) in [6.07, 6.45) is 0. The SMILES string of the molecule is C[Si](C)(C)[N-]S(=O)(=O)F.[Na+]. The van der Waals surface area contributed by atoms with Crippen LogP contribution in [0.3, 0.4) is 0 Å². The molecular formula is C3H9FNNaO2SSi. The van der Waals surface area contributed by atoms with Crippen molar-refractivity contribution in [2.24, 2.45) is 0 Å². The summed E-state index contributed by atoms with van der Waals surface area (Å²) in [5.74, 6) is 0. The van der Waals surface area contributed by atoms with E-state index in [0.29, 0.717) is 0 Å². The molecular weight excluding hydrogens is 184 g/mol. The molecule has 0 atom stereocenters. The first-order valence-corrected chi connectivity index (χ1v) is 7.18. The molecule has 3 nitrogen and oxygen atoms in total. The molecule has 0 unspecified atom stereocenters. The van der Waals surface area contributed by atoms with E-state index in [1.165, 1.54) is 0 Å². The fraction of sp³-hybridized carbons (Fsp3) is 1.00. The van der Waals surface area contributed by atoms with Crippen LogP contribution >= 0.6 is 0 Å². The molecule has 10 heavy (non-hydrogen) atoms. The van der Waals surface area contributed by atoms with Gasteiger partial charge in [0, 0.05) is 0 Å². The summed E-state index contributed by atoms with van der Waals surface area (Å²) in [5, 5.41) is 0. The number of hydrogen-bond acceptors (Lipinski definition) is 2. The summed E-state index contributed by atoms with van der Waals surface area (Å²) in [5.41, 5.74) is 0. The van der Waals surface area contributed by atoms with E-state index in [-0.39, 0.29) is 29.6 Å². The quantitative estimate of drug-likeness (QED) is 0.392. The molecule has 0 radical (unpaired) electrons. The fourth-order valence-electron chi connectivity index (χ4n) is 0.327. The first-order chi connectivity index (χ1) is 3.71. The first kappa shape index (κ1) is 13.6. The second-order valence-corrected chi connectivity index (χ2v) is 8.57. The van der Waals surface area contributed by atoms with E-state index in [0.717, 1.165) is 0 Å². The van der Waals surface area contributed by atoms with Crippen LogP contribution in [0, 0.1) is 0 Å². The smallest absolute Gasteiger partial charge is 0.523 e. The largest absolute Gasteiger partial charge is 1.00 e. The Hall–Kier alpha value is 1.06. The van der Waals surface area contributed by atoms with Gasteiger partial charge in [0.1, 0.15) is 0 Å². The third kappa shape index (κ3) is 11.8. The Bertz CT molecular complexity index is 187. The van der Waals surface area contributed by atoms with Crippen molar-refractivity contribution < 1.29 is 41.9 Å². The molecule has 0 rings (SSSR count). The van der Waals surface area contributed by atoms with Crippen LogP contribution in [0.5, 0.6) is 0 Å². The Morgan fingerprint density at radius 1 is 1.30 bits per heavy atom. The molecule has 7 heteroatoms.